The lowest BCUT2D eigenvalue weighted by Crippen LogP contribution is -2.36. The summed E-state index contributed by atoms with van der Waals surface area (Å²) in [6.07, 6.45) is 5.98. The first-order valence-corrected chi connectivity index (χ1v) is 6.73. The van der Waals surface area contributed by atoms with E-state index in [1.807, 2.05) is 0 Å². The largest absolute Gasteiger partial charge is 0.383 e. The van der Waals surface area contributed by atoms with Crippen molar-refractivity contribution in [2.45, 2.75) is 45.1 Å². The van der Waals surface area contributed by atoms with Crippen LogP contribution in [0, 0.1) is 5.92 Å². The third-order valence-electron chi connectivity index (χ3n) is 3.55. The van der Waals surface area contributed by atoms with Gasteiger partial charge in [-0.25, -0.2) is 0 Å². The van der Waals surface area contributed by atoms with E-state index in [9.17, 15) is 4.79 Å². The molecule has 0 aliphatic heterocycles. The van der Waals surface area contributed by atoms with E-state index in [0.717, 1.165) is 12.5 Å². The minimum absolute atomic E-state index is 0.105. The summed E-state index contributed by atoms with van der Waals surface area (Å²) < 4.78 is 4.87. The van der Waals surface area contributed by atoms with Gasteiger partial charge in [0.15, 0.2) is 0 Å². The lowest BCUT2D eigenvalue weighted by Gasteiger charge is -2.20. The first-order chi connectivity index (χ1) is 8.24. The Morgan fingerprint density at radius 2 is 2.06 bits per heavy atom. The van der Waals surface area contributed by atoms with Gasteiger partial charge < -0.3 is 15.4 Å². The molecule has 4 nitrogen and oxygen atoms in total. The van der Waals surface area contributed by atoms with Crippen LogP contribution in [0.15, 0.2) is 0 Å². The summed E-state index contributed by atoms with van der Waals surface area (Å²) >= 11 is 0. The summed E-state index contributed by atoms with van der Waals surface area (Å²) in [5.41, 5.74) is 0. The third kappa shape index (κ3) is 6.03. The van der Waals surface area contributed by atoms with Crippen LogP contribution < -0.4 is 10.6 Å². The van der Waals surface area contributed by atoms with Crippen molar-refractivity contribution >= 4 is 5.91 Å². The van der Waals surface area contributed by atoms with Crippen LogP contribution in [0.3, 0.4) is 0 Å². The molecule has 1 fully saturated rings. The molecule has 1 rings (SSSR count). The second-order valence-electron chi connectivity index (χ2n) is 4.88. The molecule has 0 bridgehead atoms. The first-order valence-electron chi connectivity index (χ1n) is 6.73. The van der Waals surface area contributed by atoms with Gasteiger partial charge in [-0.3, -0.25) is 4.79 Å². The van der Waals surface area contributed by atoms with Gasteiger partial charge in [0, 0.05) is 32.7 Å². The number of rotatable bonds is 8. The number of methoxy groups -OCH3 is 1. The van der Waals surface area contributed by atoms with Gasteiger partial charge >= 0.3 is 0 Å². The van der Waals surface area contributed by atoms with Crippen molar-refractivity contribution in [3.63, 3.8) is 0 Å². The predicted octanol–water partition coefficient (Wildman–Crippen LogP) is 1.31. The molecule has 1 aliphatic carbocycles. The van der Waals surface area contributed by atoms with Crippen LogP contribution >= 0.6 is 0 Å². The fourth-order valence-corrected chi connectivity index (χ4v) is 2.42. The van der Waals surface area contributed by atoms with E-state index in [2.05, 4.69) is 17.6 Å². The predicted molar refractivity (Wildman–Crippen MR) is 68.9 cm³/mol. The highest BCUT2D eigenvalue weighted by Crippen LogP contribution is 2.27. The zero-order valence-corrected chi connectivity index (χ0v) is 11.1. The molecule has 1 aliphatic rings. The maximum atomic E-state index is 11.4. The molecule has 0 aromatic heterocycles. The molecule has 0 heterocycles. The Hall–Kier alpha value is -0.610. The van der Waals surface area contributed by atoms with Crippen molar-refractivity contribution in [3.05, 3.63) is 0 Å². The van der Waals surface area contributed by atoms with E-state index in [-0.39, 0.29) is 5.91 Å². The Morgan fingerprint density at radius 3 is 2.71 bits per heavy atom. The van der Waals surface area contributed by atoms with E-state index in [1.54, 1.807) is 7.11 Å². The molecular weight excluding hydrogens is 216 g/mol. The molecule has 0 aromatic carbocycles. The lowest BCUT2D eigenvalue weighted by molar-refractivity contribution is -0.121. The Morgan fingerprint density at radius 1 is 1.35 bits per heavy atom. The van der Waals surface area contributed by atoms with Crippen molar-refractivity contribution < 1.29 is 9.53 Å². The van der Waals surface area contributed by atoms with Crippen LogP contribution in [0.5, 0.6) is 0 Å². The van der Waals surface area contributed by atoms with Gasteiger partial charge in [0.25, 0.3) is 0 Å². The molecule has 0 radical (unpaired) electrons. The van der Waals surface area contributed by atoms with Gasteiger partial charge in [0.05, 0.1) is 6.61 Å². The van der Waals surface area contributed by atoms with Crippen LogP contribution in [0.1, 0.15) is 39.0 Å². The van der Waals surface area contributed by atoms with Gasteiger partial charge in [-0.2, -0.15) is 0 Å². The maximum absolute atomic E-state index is 11.4. The van der Waals surface area contributed by atoms with Gasteiger partial charge in [-0.05, 0) is 25.7 Å². The van der Waals surface area contributed by atoms with Crippen LogP contribution in [-0.4, -0.2) is 38.8 Å². The molecule has 1 saturated carbocycles. The number of ether oxygens (including phenoxy) is 1. The minimum atomic E-state index is 0.105. The molecular formula is C13H26N2O2. The van der Waals surface area contributed by atoms with E-state index < -0.39 is 0 Å². The number of hydrogen-bond donors (Lipinski definition) is 2. The molecule has 0 aromatic rings. The summed E-state index contributed by atoms with van der Waals surface area (Å²) in [6.45, 7) is 4.19. The minimum Gasteiger partial charge on any atom is -0.383 e. The van der Waals surface area contributed by atoms with Crippen molar-refractivity contribution in [1.29, 1.82) is 0 Å². The fourth-order valence-electron chi connectivity index (χ4n) is 2.42. The Balaban J connectivity index is 2.00. The highest BCUT2D eigenvalue weighted by molar-refractivity contribution is 5.76. The molecule has 2 N–H and O–H groups in total. The smallest absolute Gasteiger partial charge is 0.221 e. The lowest BCUT2D eigenvalue weighted by atomic mass is 10.00. The van der Waals surface area contributed by atoms with Crippen LogP contribution in [0.4, 0.5) is 0 Å². The van der Waals surface area contributed by atoms with E-state index in [0.29, 0.717) is 25.6 Å². The normalized spacial score (nSPS) is 18.2. The van der Waals surface area contributed by atoms with Crippen LogP contribution in [0.2, 0.25) is 0 Å². The SMILES string of the molecule is COCCNC(=O)CCNC(C)C1CCCC1. The van der Waals surface area contributed by atoms with E-state index in [4.69, 9.17) is 4.74 Å². The standard InChI is InChI=1S/C13H26N2O2/c1-11(12-5-3-4-6-12)14-8-7-13(16)15-9-10-17-2/h11-12,14H,3-10H2,1-2H3,(H,15,16). The summed E-state index contributed by atoms with van der Waals surface area (Å²) in [7, 11) is 1.64. The molecule has 0 spiro atoms. The van der Waals surface area contributed by atoms with Crippen LogP contribution in [-0.2, 0) is 9.53 Å². The molecule has 100 valence electrons. The Bertz CT molecular complexity index is 215. The molecule has 1 amide bonds. The highest BCUT2D eigenvalue weighted by Gasteiger charge is 2.20. The number of nitrogens with one attached hydrogen (secondary N) is 2. The molecule has 1 atom stereocenters. The zero-order valence-electron chi connectivity index (χ0n) is 11.1. The summed E-state index contributed by atoms with van der Waals surface area (Å²) in [5, 5.41) is 6.28. The van der Waals surface area contributed by atoms with E-state index in [1.165, 1.54) is 25.7 Å². The Kier molecular flexibility index (Phi) is 7.21. The second-order valence-corrected chi connectivity index (χ2v) is 4.88. The van der Waals surface area contributed by atoms with Gasteiger partial charge in [-0.15, -0.1) is 0 Å². The average molecular weight is 242 g/mol. The quantitative estimate of drug-likeness (QED) is 0.631. The van der Waals surface area contributed by atoms with Gasteiger partial charge in [0.1, 0.15) is 0 Å². The zero-order chi connectivity index (χ0) is 12.5. The maximum Gasteiger partial charge on any atom is 0.221 e. The van der Waals surface area contributed by atoms with Crippen LogP contribution in [0.25, 0.3) is 0 Å². The molecule has 17 heavy (non-hydrogen) atoms. The van der Waals surface area contributed by atoms with Crippen molar-refractivity contribution in [3.8, 4) is 0 Å². The average Bonchev–Trinajstić information content (AvgIpc) is 2.82. The first kappa shape index (κ1) is 14.5. The third-order valence-corrected chi connectivity index (χ3v) is 3.55. The fraction of sp³-hybridized carbons (Fsp3) is 0.923. The molecule has 4 heteroatoms. The Labute approximate surface area is 104 Å². The summed E-state index contributed by atoms with van der Waals surface area (Å²) in [4.78, 5) is 11.4. The van der Waals surface area contributed by atoms with Crippen molar-refractivity contribution in [1.82, 2.24) is 10.6 Å². The number of carbonyl (C=O) groups excluding carboxylic acids is 1. The number of hydrogen-bond acceptors (Lipinski definition) is 3. The monoisotopic (exact) mass is 242 g/mol. The summed E-state index contributed by atoms with van der Waals surface area (Å²) in [6, 6.07) is 0.546. The van der Waals surface area contributed by atoms with Crippen molar-refractivity contribution in [2.24, 2.45) is 5.92 Å². The number of carbonyl (C=O) groups is 1. The number of amides is 1. The topological polar surface area (TPSA) is 50.4 Å². The highest BCUT2D eigenvalue weighted by atomic mass is 16.5. The van der Waals surface area contributed by atoms with Gasteiger partial charge in [-0.1, -0.05) is 12.8 Å². The summed E-state index contributed by atoms with van der Waals surface area (Å²) in [5.74, 6) is 0.916. The van der Waals surface area contributed by atoms with Gasteiger partial charge in [0.2, 0.25) is 5.91 Å². The van der Waals surface area contributed by atoms with Crippen molar-refractivity contribution in [2.75, 3.05) is 26.8 Å². The molecule has 1 unspecified atom stereocenters. The van der Waals surface area contributed by atoms with E-state index >= 15 is 0 Å². The second kappa shape index (κ2) is 8.48. The molecule has 0 saturated heterocycles.